The van der Waals surface area contributed by atoms with E-state index in [0.717, 1.165) is 16.4 Å². The van der Waals surface area contributed by atoms with Crippen molar-refractivity contribution >= 4 is 58.4 Å². The van der Waals surface area contributed by atoms with Gasteiger partial charge in [0.2, 0.25) is 0 Å². The molecule has 2 aromatic rings. The highest BCUT2D eigenvalue weighted by Gasteiger charge is 2.04. The second-order valence-corrected chi connectivity index (χ2v) is 6.81. The first kappa shape index (κ1) is 15.6. The predicted molar refractivity (Wildman–Crippen MR) is 88.8 cm³/mol. The molecule has 20 heavy (non-hydrogen) atoms. The Labute approximate surface area is 135 Å². The summed E-state index contributed by atoms with van der Waals surface area (Å²) in [4.78, 5) is 9.17. The molecule has 0 unspecified atom stereocenters. The standard InChI is InChI=1S/C12H12Cl2N4S2/c13-7-1-2-8(14)9(5-7)19-3-4-20-12-17-10(15)6-11(16)18-12/h1-2,5-6H,3-4H2,(H4,15,16,17,18). The number of benzene rings is 1. The number of aromatic nitrogens is 2. The van der Waals surface area contributed by atoms with Crippen molar-refractivity contribution < 1.29 is 0 Å². The minimum atomic E-state index is 0.380. The molecule has 0 atom stereocenters. The average molecular weight is 347 g/mol. The Balaban J connectivity index is 1.86. The molecule has 1 aromatic carbocycles. The van der Waals surface area contributed by atoms with Crippen LogP contribution in [0.15, 0.2) is 34.3 Å². The van der Waals surface area contributed by atoms with Crippen LogP contribution >= 0.6 is 46.7 Å². The summed E-state index contributed by atoms with van der Waals surface area (Å²) < 4.78 is 0. The van der Waals surface area contributed by atoms with Crippen LogP contribution in [0, 0.1) is 0 Å². The Morgan fingerprint density at radius 2 is 1.60 bits per heavy atom. The Hall–Kier alpha value is -0.820. The van der Waals surface area contributed by atoms with Gasteiger partial charge in [0.25, 0.3) is 0 Å². The highest BCUT2D eigenvalue weighted by Crippen LogP contribution is 2.30. The Morgan fingerprint density at radius 3 is 2.30 bits per heavy atom. The van der Waals surface area contributed by atoms with E-state index < -0.39 is 0 Å². The molecule has 0 aliphatic rings. The summed E-state index contributed by atoms with van der Waals surface area (Å²) in [5, 5.41) is 1.96. The molecule has 0 bridgehead atoms. The van der Waals surface area contributed by atoms with E-state index in [-0.39, 0.29) is 0 Å². The molecule has 2 rings (SSSR count). The topological polar surface area (TPSA) is 77.8 Å². The number of hydrogen-bond acceptors (Lipinski definition) is 6. The lowest BCUT2D eigenvalue weighted by molar-refractivity contribution is 0.985. The molecular weight excluding hydrogens is 335 g/mol. The van der Waals surface area contributed by atoms with Crippen LogP contribution in [-0.4, -0.2) is 21.5 Å². The fourth-order valence-corrected chi connectivity index (χ4v) is 3.74. The summed E-state index contributed by atoms with van der Waals surface area (Å²) in [5.74, 6) is 2.43. The molecule has 1 aromatic heterocycles. The number of anilines is 2. The van der Waals surface area contributed by atoms with E-state index in [2.05, 4.69) is 9.97 Å². The fourth-order valence-electron chi connectivity index (χ4n) is 1.40. The van der Waals surface area contributed by atoms with Gasteiger partial charge in [0.1, 0.15) is 11.6 Å². The number of nitrogens with two attached hydrogens (primary N) is 2. The molecule has 0 saturated carbocycles. The number of halogens is 2. The predicted octanol–water partition coefficient (Wildman–Crippen LogP) is 3.83. The smallest absolute Gasteiger partial charge is 0.191 e. The lowest BCUT2D eigenvalue weighted by Gasteiger charge is -2.05. The lowest BCUT2D eigenvalue weighted by Crippen LogP contribution is -1.99. The fraction of sp³-hybridized carbons (Fsp3) is 0.167. The van der Waals surface area contributed by atoms with Crippen LogP contribution in [0.25, 0.3) is 0 Å². The van der Waals surface area contributed by atoms with Crippen LogP contribution < -0.4 is 11.5 Å². The summed E-state index contributed by atoms with van der Waals surface area (Å²) in [6.45, 7) is 0. The summed E-state index contributed by atoms with van der Waals surface area (Å²) in [6.07, 6.45) is 0. The molecule has 4 nitrogen and oxygen atoms in total. The van der Waals surface area contributed by atoms with E-state index >= 15 is 0 Å². The van der Waals surface area contributed by atoms with Crippen molar-refractivity contribution in [1.29, 1.82) is 0 Å². The van der Waals surface area contributed by atoms with Gasteiger partial charge in [-0.25, -0.2) is 9.97 Å². The van der Waals surface area contributed by atoms with Crippen molar-refractivity contribution in [2.75, 3.05) is 23.0 Å². The van der Waals surface area contributed by atoms with Crippen LogP contribution in [0.3, 0.4) is 0 Å². The number of hydrogen-bond donors (Lipinski definition) is 2. The Bertz CT molecular complexity index is 590. The molecule has 0 spiro atoms. The van der Waals surface area contributed by atoms with Crippen LogP contribution in [0.5, 0.6) is 0 Å². The van der Waals surface area contributed by atoms with E-state index in [1.165, 1.54) is 17.8 Å². The van der Waals surface area contributed by atoms with E-state index in [0.29, 0.717) is 26.8 Å². The van der Waals surface area contributed by atoms with Crippen molar-refractivity contribution in [1.82, 2.24) is 9.97 Å². The second kappa shape index (κ2) is 7.26. The monoisotopic (exact) mass is 346 g/mol. The summed E-state index contributed by atoms with van der Waals surface area (Å²) >= 11 is 15.2. The van der Waals surface area contributed by atoms with Crippen molar-refractivity contribution in [2.45, 2.75) is 10.1 Å². The molecule has 0 amide bonds. The summed E-state index contributed by atoms with van der Waals surface area (Å²) in [6, 6.07) is 6.95. The zero-order valence-electron chi connectivity index (χ0n) is 10.3. The maximum Gasteiger partial charge on any atom is 0.191 e. The van der Waals surface area contributed by atoms with Gasteiger partial charge in [-0.2, -0.15) is 0 Å². The molecule has 0 saturated heterocycles. The van der Waals surface area contributed by atoms with Gasteiger partial charge in [0.15, 0.2) is 5.16 Å². The molecule has 8 heteroatoms. The number of nitrogen functional groups attached to an aromatic ring is 2. The Kier molecular flexibility index (Phi) is 5.65. The second-order valence-electron chi connectivity index (χ2n) is 3.77. The van der Waals surface area contributed by atoms with Gasteiger partial charge in [-0.15, -0.1) is 11.8 Å². The van der Waals surface area contributed by atoms with Crippen molar-refractivity contribution in [3.63, 3.8) is 0 Å². The van der Waals surface area contributed by atoms with Crippen molar-refractivity contribution in [2.24, 2.45) is 0 Å². The van der Waals surface area contributed by atoms with Gasteiger partial charge < -0.3 is 11.5 Å². The van der Waals surface area contributed by atoms with Crippen LogP contribution in [0.1, 0.15) is 0 Å². The maximum atomic E-state index is 6.09. The lowest BCUT2D eigenvalue weighted by atomic mass is 10.4. The largest absolute Gasteiger partial charge is 0.383 e. The zero-order valence-corrected chi connectivity index (χ0v) is 13.5. The van der Waals surface area contributed by atoms with Gasteiger partial charge in [0, 0.05) is 27.5 Å². The number of nitrogens with zero attached hydrogens (tertiary/aromatic N) is 2. The minimum absolute atomic E-state index is 0.380. The van der Waals surface area contributed by atoms with E-state index in [4.69, 9.17) is 34.7 Å². The average Bonchev–Trinajstić information content (AvgIpc) is 2.37. The highest BCUT2D eigenvalue weighted by atomic mass is 35.5. The van der Waals surface area contributed by atoms with Crippen molar-refractivity contribution in [3.8, 4) is 0 Å². The first-order valence-electron chi connectivity index (χ1n) is 5.65. The van der Waals surface area contributed by atoms with Crippen molar-refractivity contribution in [3.05, 3.63) is 34.3 Å². The normalized spacial score (nSPS) is 10.7. The minimum Gasteiger partial charge on any atom is -0.383 e. The van der Waals surface area contributed by atoms with Gasteiger partial charge in [-0.1, -0.05) is 35.0 Å². The van der Waals surface area contributed by atoms with E-state index in [1.54, 1.807) is 23.9 Å². The first-order valence-corrected chi connectivity index (χ1v) is 8.38. The summed E-state index contributed by atoms with van der Waals surface area (Å²) in [5.41, 5.74) is 11.2. The van der Waals surface area contributed by atoms with E-state index in [9.17, 15) is 0 Å². The molecule has 106 valence electrons. The molecule has 0 fully saturated rings. The third-order valence-corrected chi connectivity index (χ3v) is 5.05. The molecule has 4 N–H and O–H groups in total. The Morgan fingerprint density at radius 1 is 0.950 bits per heavy atom. The third-order valence-electron chi connectivity index (χ3n) is 2.21. The van der Waals surface area contributed by atoms with Crippen LogP contribution in [0.2, 0.25) is 10.0 Å². The molecule has 1 heterocycles. The summed E-state index contributed by atoms with van der Waals surface area (Å²) in [7, 11) is 0. The molecular formula is C12H12Cl2N4S2. The molecule has 0 aliphatic carbocycles. The van der Waals surface area contributed by atoms with Gasteiger partial charge in [-0.3, -0.25) is 0 Å². The van der Waals surface area contributed by atoms with Crippen LogP contribution in [0.4, 0.5) is 11.6 Å². The zero-order chi connectivity index (χ0) is 14.5. The number of thioether (sulfide) groups is 2. The SMILES string of the molecule is Nc1cc(N)nc(SCCSc2cc(Cl)ccc2Cl)n1. The van der Waals surface area contributed by atoms with Gasteiger partial charge >= 0.3 is 0 Å². The molecule has 0 aliphatic heterocycles. The van der Waals surface area contributed by atoms with Gasteiger partial charge in [0.05, 0.1) is 5.02 Å². The third kappa shape index (κ3) is 4.63. The van der Waals surface area contributed by atoms with Gasteiger partial charge in [-0.05, 0) is 18.2 Å². The quantitative estimate of drug-likeness (QED) is 0.486. The number of rotatable bonds is 5. The first-order chi connectivity index (χ1) is 9.54. The maximum absolute atomic E-state index is 6.09. The van der Waals surface area contributed by atoms with Crippen LogP contribution in [-0.2, 0) is 0 Å². The van der Waals surface area contributed by atoms with E-state index in [1.807, 2.05) is 6.07 Å². The molecule has 0 radical (unpaired) electrons. The highest BCUT2D eigenvalue weighted by molar-refractivity contribution is 8.02.